The average Bonchev–Trinajstić information content (AvgIpc) is 2.30. The van der Waals surface area contributed by atoms with Crippen molar-refractivity contribution in [1.29, 1.82) is 0 Å². The maximum atomic E-state index is 11.7. The van der Waals surface area contributed by atoms with Gasteiger partial charge in [-0.1, -0.05) is 12.2 Å². The van der Waals surface area contributed by atoms with Crippen LogP contribution in [-0.4, -0.2) is 30.0 Å². The van der Waals surface area contributed by atoms with E-state index in [1.165, 1.54) is 0 Å². The van der Waals surface area contributed by atoms with E-state index in [0.717, 1.165) is 4.90 Å². The highest BCUT2D eigenvalue weighted by atomic mass is 79.9. The largest absolute Gasteiger partial charge is 0.389 e. The second-order valence-corrected chi connectivity index (χ2v) is 4.94. The molecule has 2 N–H and O–H groups in total. The summed E-state index contributed by atoms with van der Waals surface area (Å²) in [4.78, 5) is 24.7. The number of imide groups is 1. The monoisotopic (exact) mass is 328 g/mol. The fourth-order valence-electron chi connectivity index (χ4n) is 1.60. The third kappa shape index (κ3) is 2.43. The number of halogens is 1. The summed E-state index contributed by atoms with van der Waals surface area (Å²) in [7, 11) is 0. The Hall–Kier alpha value is -1.31. The molecule has 1 aromatic rings. The van der Waals surface area contributed by atoms with Gasteiger partial charge in [-0.3, -0.25) is 9.59 Å². The number of ether oxygens (including phenoxy) is 1. The number of amides is 2. The first-order valence-corrected chi connectivity index (χ1v) is 6.23. The molecule has 0 saturated carbocycles. The smallest absolute Gasteiger partial charge is 0.259 e. The molecule has 1 saturated heterocycles. The first-order chi connectivity index (χ1) is 8.50. The molecule has 2 amide bonds. The molecule has 1 fully saturated rings. The zero-order chi connectivity index (χ0) is 13.3. The van der Waals surface area contributed by atoms with Gasteiger partial charge in [-0.15, -0.1) is 0 Å². The standard InChI is InChI=1S/C11H9BrN2O3S/c12-7-3-6(11(13)18)1-2-8(7)14-9(15)4-17-5-10(14)16/h1-3H,4-5H2,(H2,13,18). The summed E-state index contributed by atoms with van der Waals surface area (Å²) in [5, 5.41) is 0. The average molecular weight is 329 g/mol. The third-order valence-corrected chi connectivity index (χ3v) is 3.29. The van der Waals surface area contributed by atoms with E-state index in [-0.39, 0.29) is 18.2 Å². The molecular formula is C11H9BrN2O3S. The van der Waals surface area contributed by atoms with E-state index in [1.54, 1.807) is 18.2 Å². The lowest BCUT2D eigenvalue weighted by molar-refractivity contribution is -0.138. The fraction of sp³-hybridized carbons (Fsp3) is 0.182. The molecule has 1 aliphatic rings. The Balaban J connectivity index is 2.41. The van der Waals surface area contributed by atoms with Crippen LogP contribution >= 0.6 is 28.1 Å². The van der Waals surface area contributed by atoms with Crippen LogP contribution in [0.3, 0.4) is 0 Å². The summed E-state index contributed by atoms with van der Waals surface area (Å²) in [6.07, 6.45) is 0. The molecule has 0 aliphatic carbocycles. The molecule has 2 rings (SSSR count). The lowest BCUT2D eigenvalue weighted by atomic mass is 10.2. The molecule has 94 valence electrons. The van der Waals surface area contributed by atoms with Gasteiger partial charge in [0.15, 0.2) is 0 Å². The first kappa shape index (κ1) is 13.1. The van der Waals surface area contributed by atoms with Crippen molar-refractivity contribution in [3.63, 3.8) is 0 Å². The Morgan fingerprint density at radius 3 is 2.44 bits per heavy atom. The van der Waals surface area contributed by atoms with Gasteiger partial charge in [-0.05, 0) is 34.1 Å². The zero-order valence-electron chi connectivity index (χ0n) is 9.18. The topological polar surface area (TPSA) is 72.6 Å². The zero-order valence-corrected chi connectivity index (χ0v) is 11.6. The van der Waals surface area contributed by atoms with Crippen LogP contribution in [0, 0.1) is 0 Å². The van der Waals surface area contributed by atoms with Crippen LogP contribution in [0.15, 0.2) is 22.7 Å². The number of benzene rings is 1. The molecule has 0 bridgehead atoms. The molecule has 0 radical (unpaired) electrons. The number of thiocarbonyl (C=S) groups is 1. The van der Waals surface area contributed by atoms with Gasteiger partial charge in [-0.25, -0.2) is 4.90 Å². The van der Waals surface area contributed by atoms with Crippen LogP contribution in [0.25, 0.3) is 0 Å². The highest BCUT2D eigenvalue weighted by molar-refractivity contribution is 9.10. The Morgan fingerprint density at radius 1 is 1.33 bits per heavy atom. The summed E-state index contributed by atoms with van der Waals surface area (Å²) < 4.78 is 5.43. The van der Waals surface area contributed by atoms with Gasteiger partial charge in [0.05, 0.1) is 5.69 Å². The maximum absolute atomic E-state index is 11.7. The van der Waals surface area contributed by atoms with Crippen LogP contribution in [-0.2, 0) is 14.3 Å². The van der Waals surface area contributed by atoms with Gasteiger partial charge < -0.3 is 10.5 Å². The molecule has 0 atom stereocenters. The molecule has 1 aliphatic heterocycles. The quantitative estimate of drug-likeness (QED) is 0.647. The van der Waals surface area contributed by atoms with Gasteiger partial charge in [-0.2, -0.15) is 0 Å². The summed E-state index contributed by atoms with van der Waals surface area (Å²) in [6, 6.07) is 4.96. The normalized spacial score (nSPS) is 15.9. The Labute approximate surface area is 117 Å². The SMILES string of the molecule is NC(=S)c1ccc(N2C(=O)COCC2=O)c(Br)c1. The molecule has 7 heteroatoms. The minimum absolute atomic E-state index is 0.102. The molecular weight excluding hydrogens is 320 g/mol. The van der Waals surface area contributed by atoms with Crippen LogP contribution in [0.5, 0.6) is 0 Å². The second-order valence-electron chi connectivity index (χ2n) is 3.65. The molecule has 0 unspecified atom stereocenters. The molecule has 1 aromatic carbocycles. The van der Waals surface area contributed by atoms with E-state index in [9.17, 15) is 9.59 Å². The van der Waals surface area contributed by atoms with E-state index < -0.39 is 11.8 Å². The fourth-order valence-corrected chi connectivity index (χ4v) is 2.29. The number of morpholine rings is 1. The van der Waals surface area contributed by atoms with E-state index in [1.807, 2.05) is 0 Å². The Bertz CT molecular complexity index is 531. The van der Waals surface area contributed by atoms with Gasteiger partial charge in [0.25, 0.3) is 11.8 Å². The molecule has 1 heterocycles. The minimum Gasteiger partial charge on any atom is -0.389 e. The lowest BCUT2D eigenvalue weighted by Gasteiger charge is -2.26. The van der Waals surface area contributed by atoms with Crippen LogP contribution in [0.1, 0.15) is 5.56 Å². The van der Waals surface area contributed by atoms with Crippen molar-refractivity contribution in [2.75, 3.05) is 18.1 Å². The Kier molecular flexibility index (Phi) is 3.74. The Morgan fingerprint density at radius 2 is 1.94 bits per heavy atom. The summed E-state index contributed by atoms with van der Waals surface area (Å²) in [6.45, 7) is -0.204. The van der Waals surface area contributed by atoms with Crippen LogP contribution in [0.4, 0.5) is 5.69 Å². The van der Waals surface area contributed by atoms with Gasteiger partial charge in [0, 0.05) is 10.0 Å². The number of rotatable bonds is 2. The molecule has 0 aromatic heterocycles. The van der Waals surface area contributed by atoms with Crippen LogP contribution in [0.2, 0.25) is 0 Å². The van der Waals surface area contributed by atoms with Crippen molar-refractivity contribution < 1.29 is 14.3 Å². The maximum Gasteiger partial charge on any atom is 0.259 e. The van der Waals surface area contributed by atoms with Crippen LogP contribution < -0.4 is 10.6 Å². The van der Waals surface area contributed by atoms with Gasteiger partial charge in [0.1, 0.15) is 18.2 Å². The van der Waals surface area contributed by atoms with E-state index in [4.69, 9.17) is 22.7 Å². The van der Waals surface area contributed by atoms with Crippen molar-refractivity contribution in [2.45, 2.75) is 0 Å². The van der Waals surface area contributed by atoms with E-state index in [2.05, 4.69) is 15.9 Å². The third-order valence-electron chi connectivity index (χ3n) is 2.42. The molecule has 18 heavy (non-hydrogen) atoms. The van der Waals surface area contributed by atoms with E-state index in [0.29, 0.717) is 15.7 Å². The lowest BCUT2D eigenvalue weighted by Crippen LogP contribution is -2.46. The minimum atomic E-state index is -0.393. The van der Waals surface area contributed by atoms with Crippen molar-refractivity contribution in [3.8, 4) is 0 Å². The molecule has 5 nitrogen and oxygen atoms in total. The van der Waals surface area contributed by atoms with Gasteiger partial charge in [0.2, 0.25) is 0 Å². The number of hydrogen-bond donors (Lipinski definition) is 1. The van der Waals surface area contributed by atoms with Crippen molar-refractivity contribution in [2.24, 2.45) is 5.73 Å². The number of anilines is 1. The number of hydrogen-bond acceptors (Lipinski definition) is 4. The number of nitrogens with zero attached hydrogens (tertiary/aromatic N) is 1. The van der Waals surface area contributed by atoms with Crippen molar-refractivity contribution >= 4 is 50.6 Å². The number of nitrogens with two attached hydrogens (primary N) is 1. The van der Waals surface area contributed by atoms with Gasteiger partial charge >= 0.3 is 0 Å². The number of carbonyl (C=O) groups is 2. The molecule has 0 spiro atoms. The summed E-state index contributed by atoms with van der Waals surface area (Å²) in [5.41, 5.74) is 6.64. The highest BCUT2D eigenvalue weighted by Gasteiger charge is 2.29. The van der Waals surface area contributed by atoms with Crippen molar-refractivity contribution in [1.82, 2.24) is 0 Å². The highest BCUT2D eigenvalue weighted by Crippen LogP contribution is 2.28. The first-order valence-electron chi connectivity index (χ1n) is 5.03. The predicted octanol–water partition coefficient (Wildman–Crippen LogP) is 0.973. The van der Waals surface area contributed by atoms with E-state index >= 15 is 0 Å². The second kappa shape index (κ2) is 5.13. The predicted molar refractivity (Wildman–Crippen MR) is 73.3 cm³/mol. The van der Waals surface area contributed by atoms with Crippen molar-refractivity contribution in [3.05, 3.63) is 28.2 Å². The number of carbonyl (C=O) groups excluding carboxylic acids is 2. The summed E-state index contributed by atoms with van der Waals surface area (Å²) in [5.74, 6) is -0.787. The summed E-state index contributed by atoms with van der Waals surface area (Å²) >= 11 is 8.16.